The molecule has 0 aliphatic heterocycles. The first-order valence-corrected chi connectivity index (χ1v) is 9.58. The molecule has 0 heterocycles. The van der Waals surface area contributed by atoms with E-state index < -0.39 is 8.60 Å². The number of rotatable bonds is 8. The average molecular weight is 346 g/mol. The number of benzene rings is 2. The van der Waals surface area contributed by atoms with E-state index in [4.69, 9.17) is 9.05 Å². The Balaban J connectivity index is 1.97. The van der Waals surface area contributed by atoms with Crippen molar-refractivity contribution in [2.75, 3.05) is 0 Å². The second-order valence-corrected chi connectivity index (χ2v) is 7.75. The SMILES string of the molecule is CC(C)Cc1cccc(OP(O)Oc2cccc(CC(C)C)c2)c1. The molecule has 130 valence electrons. The average Bonchev–Trinajstić information content (AvgIpc) is 2.46. The summed E-state index contributed by atoms with van der Waals surface area (Å²) in [4.78, 5) is 10.1. The van der Waals surface area contributed by atoms with Crippen LogP contribution in [0.25, 0.3) is 0 Å². The van der Waals surface area contributed by atoms with E-state index in [1.165, 1.54) is 11.1 Å². The lowest BCUT2D eigenvalue weighted by Crippen LogP contribution is -1.98. The van der Waals surface area contributed by atoms with Gasteiger partial charge in [-0.3, -0.25) is 0 Å². The maximum atomic E-state index is 10.1. The molecule has 0 aromatic heterocycles. The Morgan fingerprint density at radius 2 is 1.21 bits per heavy atom. The van der Waals surface area contributed by atoms with Crippen LogP contribution in [-0.4, -0.2) is 4.89 Å². The van der Waals surface area contributed by atoms with Crippen molar-refractivity contribution in [2.24, 2.45) is 11.8 Å². The molecule has 1 N–H and O–H groups in total. The smallest absolute Gasteiger partial charge is 0.418 e. The number of hydrogen-bond acceptors (Lipinski definition) is 3. The van der Waals surface area contributed by atoms with E-state index in [-0.39, 0.29) is 0 Å². The molecule has 0 spiro atoms. The van der Waals surface area contributed by atoms with Gasteiger partial charge in [0.1, 0.15) is 11.5 Å². The van der Waals surface area contributed by atoms with Gasteiger partial charge in [0.2, 0.25) is 0 Å². The molecule has 0 saturated carbocycles. The Morgan fingerprint density at radius 1 is 0.792 bits per heavy atom. The molecule has 2 aromatic carbocycles. The standard InChI is InChI=1S/C20H27O3P/c1-15(2)11-17-7-5-9-19(13-17)22-24(21)23-20-10-6-8-18(14-20)12-16(3)4/h5-10,13-16,21H,11-12H2,1-4H3. The van der Waals surface area contributed by atoms with Gasteiger partial charge in [-0.15, -0.1) is 0 Å². The topological polar surface area (TPSA) is 38.7 Å². The molecule has 0 radical (unpaired) electrons. The van der Waals surface area contributed by atoms with Crippen LogP contribution < -0.4 is 9.05 Å². The van der Waals surface area contributed by atoms with Crippen LogP contribution in [0.3, 0.4) is 0 Å². The van der Waals surface area contributed by atoms with Crippen LogP contribution in [0.5, 0.6) is 11.5 Å². The minimum Gasteiger partial charge on any atom is -0.418 e. The Bertz CT molecular complexity index is 585. The molecule has 24 heavy (non-hydrogen) atoms. The first-order valence-electron chi connectivity index (χ1n) is 8.45. The molecule has 2 aromatic rings. The highest BCUT2D eigenvalue weighted by molar-refractivity contribution is 7.41. The highest BCUT2D eigenvalue weighted by Crippen LogP contribution is 2.37. The van der Waals surface area contributed by atoms with Gasteiger partial charge in [-0.1, -0.05) is 52.0 Å². The van der Waals surface area contributed by atoms with Crippen molar-refractivity contribution in [1.29, 1.82) is 0 Å². The highest BCUT2D eigenvalue weighted by atomic mass is 31.2. The molecule has 0 atom stereocenters. The van der Waals surface area contributed by atoms with Gasteiger partial charge in [0.05, 0.1) is 0 Å². The van der Waals surface area contributed by atoms with E-state index in [1.807, 2.05) is 36.4 Å². The van der Waals surface area contributed by atoms with Crippen molar-refractivity contribution in [1.82, 2.24) is 0 Å². The van der Waals surface area contributed by atoms with Crippen LogP contribution in [0.15, 0.2) is 48.5 Å². The van der Waals surface area contributed by atoms with Gasteiger partial charge in [-0.2, -0.15) is 0 Å². The quantitative estimate of drug-likeness (QED) is 0.618. The van der Waals surface area contributed by atoms with Gasteiger partial charge in [-0.05, 0) is 60.1 Å². The second-order valence-electron chi connectivity index (χ2n) is 6.91. The summed E-state index contributed by atoms with van der Waals surface area (Å²) in [6.45, 7) is 8.72. The Kier molecular flexibility index (Phi) is 7.08. The van der Waals surface area contributed by atoms with Crippen molar-refractivity contribution in [3.05, 3.63) is 59.7 Å². The minimum absolute atomic E-state index is 0.579. The van der Waals surface area contributed by atoms with Crippen molar-refractivity contribution >= 4 is 8.60 Å². The molecule has 0 amide bonds. The maximum Gasteiger partial charge on any atom is 0.460 e. The van der Waals surface area contributed by atoms with Gasteiger partial charge in [0, 0.05) is 0 Å². The molecule has 2 rings (SSSR count). The highest BCUT2D eigenvalue weighted by Gasteiger charge is 2.12. The fraction of sp³-hybridized carbons (Fsp3) is 0.400. The van der Waals surface area contributed by atoms with E-state index in [2.05, 4.69) is 39.8 Å². The van der Waals surface area contributed by atoms with E-state index in [0.717, 1.165) is 12.8 Å². The van der Waals surface area contributed by atoms with Gasteiger partial charge < -0.3 is 13.9 Å². The Hall–Kier alpha value is -1.57. The third kappa shape index (κ3) is 6.51. The summed E-state index contributed by atoms with van der Waals surface area (Å²) in [7, 11) is -2.00. The first kappa shape index (κ1) is 18.8. The minimum atomic E-state index is -2.00. The molecule has 0 aliphatic carbocycles. The lowest BCUT2D eigenvalue weighted by Gasteiger charge is -2.14. The summed E-state index contributed by atoms with van der Waals surface area (Å²) in [5.74, 6) is 2.44. The zero-order valence-corrected chi connectivity index (χ0v) is 15.8. The van der Waals surface area contributed by atoms with E-state index in [9.17, 15) is 4.89 Å². The van der Waals surface area contributed by atoms with E-state index in [1.54, 1.807) is 0 Å². The monoisotopic (exact) mass is 346 g/mol. The molecule has 4 heteroatoms. The predicted molar refractivity (Wildman–Crippen MR) is 100 cm³/mol. The molecular formula is C20H27O3P. The summed E-state index contributed by atoms with van der Waals surface area (Å²) >= 11 is 0. The summed E-state index contributed by atoms with van der Waals surface area (Å²) in [6, 6.07) is 15.6. The van der Waals surface area contributed by atoms with Crippen LogP contribution in [0.4, 0.5) is 0 Å². The summed E-state index contributed by atoms with van der Waals surface area (Å²) in [5.41, 5.74) is 2.40. The van der Waals surface area contributed by atoms with Crippen LogP contribution in [0.1, 0.15) is 38.8 Å². The Morgan fingerprint density at radius 3 is 1.58 bits per heavy atom. The molecule has 0 fully saturated rings. The van der Waals surface area contributed by atoms with Crippen LogP contribution in [0, 0.1) is 11.8 Å². The van der Waals surface area contributed by atoms with Crippen LogP contribution in [0.2, 0.25) is 0 Å². The van der Waals surface area contributed by atoms with Gasteiger partial charge in [-0.25, -0.2) is 0 Å². The van der Waals surface area contributed by atoms with E-state index in [0.29, 0.717) is 23.3 Å². The van der Waals surface area contributed by atoms with Crippen molar-refractivity contribution in [3.8, 4) is 11.5 Å². The first-order chi connectivity index (χ1) is 11.4. The van der Waals surface area contributed by atoms with Crippen molar-refractivity contribution < 1.29 is 13.9 Å². The van der Waals surface area contributed by atoms with Crippen LogP contribution in [-0.2, 0) is 12.8 Å². The second kappa shape index (κ2) is 9.05. The third-order valence-corrected chi connectivity index (χ3v) is 4.19. The van der Waals surface area contributed by atoms with Gasteiger partial charge in [0.15, 0.2) is 0 Å². The molecule has 0 aliphatic rings. The Labute approximate surface area is 146 Å². The molecular weight excluding hydrogens is 319 g/mol. The van der Waals surface area contributed by atoms with Gasteiger partial charge >= 0.3 is 8.60 Å². The summed E-state index contributed by atoms with van der Waals surface area (Å²) in [6.07, 6.45) is 1.97. The normalized spacial score (nSPS) is 11.3. The molecule has 3 nitrogen and oxygen atoms in total. The third-order valence-electron chi connectivity index (χ3n) is 3.45. The molecule has 0 unspecified atom stereocenters. The summed E-state index contributed by atoms with van der Waals surface area (Å²) < 4.78 is 11.1. The van der Waals surface area contributed by atoms with Gasteiger partial charge in [0.25, 0.3) is 0 Å². The molecule has 0 bridgehead atoms. The predicted octanol–water partition coefficient (Wildman–Crippen LogP) is 5.76. The maximum absolute atomic E-state index is 10.1. The summed E-state index contributed by atoms with van der Waals surface area (Å²) in [5, 5.41) is 0. The van der Waals surface area contributed by atoms with E-state index >= 15 is 0 Å². The zero-order valence-electron chi connectivity index (χ0n) is 14.9. The lowest BCUT2D eigenvalue weighted by molar-refractivity contribution is 0.381. The zero-order chi connectivity index (χ0) is 17.5. The number of hydrogen-bond donors (Lipinski definition) is 1. The fourth-order valence-corrected chi connectivity index (χ4v) is 3.23. The lowest BCUT2D eigenvalue weighted by atomic mass is 10.0. The molecule has 0 saturated heterocycles. The van der Waals surface area contributed by atoms with Crippen molar-refractivity contribution in [3.63, 3.8) is 0 Å². The van der Waals surface area contributed by atoms with Crippen molar-refractivity contribution in [2.45, 2.75) is 40.5 Å². The van der Waals surface area contributed by atoms with Crippen LogP contribution >= 0.6 is 8.60 Å². The largest absolute Gasteiger partial charge is 0.460 e. The fourth-order valence-electron chi connectivity index (χ4n) is 2.60.